The van der Waals surface area contributed by atoms with Gasteiger partial charge in [0.1, 0.15) is 17.4 Å². The molecule has 9 heteroatoms. The Kier molecular flexibility index (Phi) is 5.80. The number of carbonyl (C=O) groups is 2. The van der Waals surface area contributed by atoms with Gasteiger partial charge in [0.05, 0.1) is 23.3 Å². The molecule has 1 atom stereocenters. The van der Waals surface area contributed by atoms with Crippen molar-refractivity contribution in [3.63, 3.8) is 0 Å². The van der Waals surface area contributed by atoms with Crippen molar-refractivity contribution in [3.8, 4) is 0 Å². The number of hydrogen-bond donors (Lipinski definition) is 1. The summed E-state index contributed by atoms with van der Waals surface area (Å²) < 4.78 is 0. The Hall–Kier alpha value is -3.20. The number of rotatable bonds is 5. The Morgan fingerprint density at radius 2 is 2.03 bits per heavy atom. The smallest absolute Gasteiger partial charge is 0.291 e. The monoisotopic (exact) mass is 407 g/mol. The van der Waals surface area contributed by atoms with E-state index in [1.54, 1.807) is 25.5 Å². The van der Waals surface area contributed by atoms with E-state index in [0.717, 1.165) is 37.6 Å². The summed E-state index contributed by atoms with van der Waals surface area (Å²) in [5.41, 5.74) is 3.53. The first-order chi connectivity index (χ1) is 14.6. The number of piperazine rings is 1. The summed E-state index contributed by atoms with van der Waals surface area (Å²) in [6, 6.07) is 3.45. The number of amides is 2. The number of nitrogens with zero attached hydrogens (tertiary/aromatic N) is 6. The number of carbonyl (C=O) groups excluding carboxylic acids is 2. The Labute approximate surface area is 175 Å². The molecule has 156 valence electrons. The Morgan fingerprint density at radius 1 is 1.23 bits per heavy atom. The minimum absolute atomic E-state index is 0.184. The highest BCUT2D eigenvalue weighted by Crippen LogP contribution is 2.18. The fraction of sp³-hybridized carbons (Fsp3) is 0.429. The number of aliphatic imine (C=N–C) groups is 3. The van der Waals surface area contributed by atoms with Gasteiger partial charge in [-0.2, -0.15) is 0 Å². The molecule has 1 N–H and O–H groups in total. The second-order valence-electron chi connectivity index (χ2n) is 7.37. The third kappa shape index (κ3) is 4.20. The Morgan fingerprint density at radius 3 is 2.70 bits per heavy atom. The van der Waals surface area contributed by atoms with E-state index in [1.165, 1.54) is 0 Å². The SMILES string of the molecule is CCC1=NC2C=NC(CN3CCN(c4ccc(C(=O)NC)nc4)CC3)=CC2=NC1=O. The summed E-state index contributed by atoms with van der Waals surface area (Å²) in [7, 11) is 1.59. The van der Waals surface area contributed by atoms with Gasteiger partial charge in [-0.25, -0.2) is 9.98 Å². The molecule has 3 aliphatic heterocycles. The van der Waals surface area contributed by atoms with Gasteiger partial charge in [-0.05, 0) is 24.6 Å². The summed E-state index contributed by atoms with van der Waals surface area (Å²) in [5.74, 6) is -0.421. The molecule has 0 bridgehead atoms. The van der Waals surface area contributed by atoms with Crippen LogP contribution in [-0.2, 0) is 4.79 Å². The third-order valence-corrected chi connectivity index (χ3v) is 5.44. The molecule has 0 saturated carbocycles. The maximum absolute atomic E-state index is 12.0. The molecule has 30 heavy (non-hydrogen) atoms. The number of fused-ring (bicyclic) bond motifs is 1. The minimum atomic E-state index is -0.237. The van der Waals surface area contributed by atoms with E-state index in [4.69, 9.17) is 0 Å². The molecule has 0 aromatic carbocycles. The van der Waals surface area contributed by atoms with Crippen molar-refractivity contribution >= 4 is 35.1 Å². The molecule has 0 aliphatic carbocycles. The molecule has 9 nitrogen and oxygen atoms in total. The zero-order valence-electron chi connectivity index (χ0n) is 17.2. The molecule has 4 heterocycles. The van der Waals surface area contributed by atoms with Crippen molar-refractivity contribution in [1.29, 1.82) is 0 Å². The lowest BCUT2D eigenvalue weighted by molar-refractivity contribution is -0.112. The van der Waals surface area contributed by atoms with Crippen molar-refractivity contribution < 1.29 is 9.59 Å². The second-order valence-corrected chi connectivity index (χ2v) is 7.37. The van der Waals surface area contributed by atoms with Gasteiger partial charge in [-0.15, -0.1) is 0 Å². The normalized spacial score (nSPS) is 21.5. The highest BCUT2D eigenvalue weighted by Gasteiger charge is 2.26. The number of pyridine rings is 1. The predicted octanol–water partition coefficient (Wildman–Crippen LogP) is 0.732. The highest BCUT2D eigenvalue weighted by molar-refractivity contribution is 6.43. The van der Waals surface area contributed by atoms with Crippen molar-refractivity contribution in [2.24, 2.45) is 15.0 Å². The maximum Gasteiger partial charge on any atom is 0.291 e. The van der Waals surface area contributed by atoms with Crippen LogP contribution in [0.15, 0.2) is 45.1 Å². The van der Waals surface area contributed by atoms with Gasteiger partial charge in [0.15, 0.2) is 0 Å². The van der Waals surface area contributed by atoms with Crippen LogP contribution < -0.4 is 10.2 Å². The third-order valence-electron chi connectivity index (χ3n) is 5.44. The highest BCUT2D eigenvalue weighted by atomic mass is 16.2. The summed E-state index contributed by atoms with van der Waals surface area (Å²) >= 11 is 0. The molecule has 1 aromatic heterocycles. The van der Waals surface area contributed by atoms with Gasteiger partial charge >= 0.3 is 0 Å². The molecule has 0 spiro atoms. The molecule has 3 aliphatic rings. The molecule has 1 aromatic rings. The van der Waals surface area contributed by atoms with Crippen LogP contribution in [-0.4, -0.2) is 85.1 Å². The first-order valence-corrected chi connectivity index (χ1v) is 10.2. The lowest BCUT2D eigenvalue weighted by Crippen LogP contribution is -2.47. The molecule has 2 amide bonds. The largest absolute Gasteiger partial charge is 0.368 e. The first-order valence-electron chi connectivity index (χ1n) is 10.2. The fourth-order valence-corrected chi connectivity index (χ4v) is 3.70. The quantitative estimate of drug-likeness (QED) is 0.775. The minimum Gasteiger partial charge on any atom is -0.368 e. The second kappa shape index (κ2) is 8.66. The topological polar surface area (TPSA) is 103 Å². The lowest BCUT2D eigenvalue weighted by atomic mass is 10.1. The predicted molar refractivity (Wildman–Crippen MR) is 117 cm³/mol. The van der Waals surface area contributed by atoms with E-state index < -0.39 is 0 Å². The van der Waals surface area contributed by atoms with Crippen LogP contribution >= 0.6 is 0 Å². The molecular weight excluding hydrogens is 382 g/mol. The number of anilines is 1. The summed E-state index contributed by atoms with van der Waals surface area (Å²) in [6.45, 7) is 6.12. The first kappa shape index (κ1) is 20.1. The summed E-state index contributed by atoms with van der Waals surface area (Å²) in [4.78, 5) is 45.6. The fourth-order valence-electron chi connectivity index (χ4n) is 3.70. The van der Waals surface area contributed by atoms with Crippen LogP contribution in [0.5, 0.6) is 0 Å². The summed E-state index contributed by atoms with van der Waals surface area (Å²) in [5, 5.41) is 2.58. The standard InChI is InChI=1S/C21H25N7O2/c1-3-16-21(30)26-18-10-14(23-12-19(18)25-16)13-27-6-8-28(9-7-27)15-4-5-17(24-11-15)20(29)22-2/h4-5,10-12,19H,3,6-9,13H2,1-2H3,(H,22,29). The van der Waals surface area contributed by atoms with Crippen LogP contribution in [0, 0.1) is 0 Å². The van der Waals surface area contributed by atoms with Gasteiger partial charge < -0.3 is 10.2 Å². The van der Waals surface area contributed by atoms with Gasteiger partial charge in [-0.3, -0.25) is 24.5 Å². The van der Waals surface area contributed by atoms with Crippen LogP contribution in [0.1, 0.15) is 23.8 Å². The average molecular weight is 407 g/mol. The number of nitrogens with one attached hydrogen (secondary N) is 1. The van der Waals surface area contributed by atoms with Crippen molar-refractivity contribution in [3.05, 3.63) is 35.8 Å². The van der Waals surface area contributed by atoms with Gasteiger partial charge in [0.25, 0.3) is 11.8 Å². The van der Waals surface area contributed by atoms with Gasteiger partial charge in [0, 0.05) is 46.0 Å². The van der Waals surface area contributed by atoms with E-state index in [0.29, 0.717) is 30.1 Å². The molecule has 1 unspecified atom stereocenters. The lowest BCUT2D eigenvalue weighted by Gasteiger charge is -2.36. The number of hydrogen-bond acceptors (Lipinski definition) is 7. The van der Waals surface area contributed by atoms with Crippen molar-refractivity contribution in [2.75, 3.05) is 44.7 Å². The van der Waals surface area contributed by atoms with Crippen molar-refractivity contribution in [2.45, 2.75) is 19.4 Å². The summed E-state index contributed by atoms with van der Waals surface area (Å²) in [6.07, 6.45) is 6.01. The van der Waals surface area contributed by atoms with E-state index in [-0.39, 0.29) is 17.9 Å². The molecule has 1 saturated heterocycles. The Balaban J connectivity index is 1.33. The van der Waals surface area contributed by atoms with Crippen molar-refractivity contribution in [1.82, 2.24) is 15.2 Å². The molecule has 4 rings (SSSR count). The van der Waals surface area contributed by atoms with E-state index >= 15 is 0 Å². The van der Waals surface area contributed by atoms with Crippen LogP contribution in [0.25, 0.3) is 0 Å². The van der Waals surface area contributed by atoms with Gasteiger partial charge in [-0.1, -0.05) is 6.92 Å². The van der Waals surface area contributed by atoms with Gasteiger partial charge in [0.2, 0.25) is 0 Å². The molecular formula is C21H25N7O2. The Bertz CT molecular complexity index is 954. The van der Waals surface area contributed by atoms with E-state index in [9.17, 15) is 9.59 Å². The zero-order chi connectivity index (χ0) is 21.1. The van der Waals surface area contributed by atoms with Crippen LogP contribution in [0.4, 0.5) is 5.69 Å². The molecule has 0 radical (unpaired) electrons. The number of aromatic nitrogens is 1. The maximum atomic E-state index is 12.0. The zero-order valence-corrected chi connectivity index (χ0v) is 17.2. The van der Waals surface area contributed by atoms with E-state index in [2.05, 4.69) is 35.1 Å². The van der Waals surface area contributed by atoms with Crippen LogP contribution in [0.2, 0.25) is 0 Å². The van der Waals surface area contributed by atoms with E-state index in [1.807, 2.05) is 19.1 Å². The average Bonchev–Trinajstić information content (AvgIpc) is 2.78. The molecule has 1 fully saturated rings. The van der Waals surface area contributed by atoms with Crippen LogP contribution in [0.3, 0.4) is 0 Å².